The summed E-state index contributed by atoms with van der Waals surface area (Å²) in [7, 11) is 2.58. The average Bonchev–Trinajstić information content (AvgIpc) is 4.14. The molecule has 2 aliphatic heterocycles. The predicted octanol–water partition coefficient (Wildman–Crippen LogP) is 7.48. The number of nitrogens with one attached hydrogen (secondary N) is 4. The molecule has 1 saturated carbocycles. The standard InChI is InChI=1S/C48H56N8O7/c1-24(2)41(53-47(60)62-5)45(58)55-19-7-9-36(55)43-49-32-16-11-26(22-34(32)51-43)29-14-15-30(40-31(29)21-28-13-18-38(57)39(28)40)27-12-17-33-35(23-27)52-44(50-33)37-10-8-20-56(37)46(59)42(25(3)4)54-48(61)63-6/h11-12,14-17,22-25,28,36-37,39,41-42H,7-10,13,18-21H2,1-6H3,(H,49,51)(H,50,52)(H,53,60)(H,54,61)/t28?,36-,37-,39?,41-,42-/m0/s1. The summed E-state index contributed by atoms with van der Waals surface area (Å²) < 4.78 is 9.61. The van der Waals surface area contributed by atoms with Crippen LogP contribution in [-0.2, 0) is 30.3 Å². The first-order valence-corrected chi connectivity index (χ1v) is 22.3. The minimum atomic E-state index is -0.720. The van der Waals surface area contributed by atoms with E-state index in [-0.39, 0.29) is 47.6 Å². The van der Waals surface area contributed by atoms with Gasteiger partial charge < -0.3 is 39.9 Å². The van der Waals surface area contributed by atoms with Crippen LogP contribution in [0.5, 0.6) is 0 Å². The van der Waals surface area contributed by atoms with Gasteiger partial charge in [-0.05, 0) is 114 Å². The third kappa shape index (κ3) is 7.58. The van der Waals surface area contributed by atoms with Gasteiger partial charge in [0.05, 0.1) is 48.4 Å². The first-order chi connectivity index (χ1) is 30.3. The van der Waals surface area contributed by atoms with Crippen molar-refractivity contribution in [3.05, 3.63) is 71.3 Å². The molecule has 4 amide bonds. The molecule has 3 aromatic carbocycles. The Morgan fingerprint density at radius 1 is 0.698 bits per heavy atom. The minimum absolute atomic E-state index is 0.130. The van der Waals surface area contributed by atoms with Crippen molar-refractivity contribution in [2.75, 3.05) is 27.3 Å². The second kappa shape index (κ2) is 16.8. The second-order valence-corrected chi connectivity index (χ2v) is 18.3. The third-order valence-electron chi connectivity index (χ3n) is 13.8. The number of aromatic amines is 2. The Kier molecular flexibility index (Phi) is 11.2. The summed E-state index contributed by atoms with van der Waals surface area (Å²) in [4.78, 5) is 86.1. The normalized spacial score (nSPS) is 21.6. The topological polar surface area (TPSA) is 192 Å². The zero-order chi connectivity index (χ0) is 44.3. The number of H-pyrrole nitrogens is 2. The molecule has 0 bridgehead atoms. The largest absolute Gasteiger partial charge is 0.453 e. The first-order valence-electron chi connectivity index (χ1n) is 22.3. The van der Waals surface area contributed by atoms with E-state index in [1.807, 2.05) is 49.6 Å². The average molecular weight is 857 g/mol. The van der Waals surface area contributed by atoms with E-state index in [9.17, 15) is 24.0 Å². The highest BCUT2D eigenvalue weighted by Crippen LogP contribution is 2.52. The Morgan fingerprint density at radius 2 is 1.19 bits per heavy atom. The number of ether oxygens (including phenoxy) is 2. The van der Waals surface area contributed by atoms with E-state index in [1.54, 1.807) is 0 Å². The zero-order valence-electron chi connectivity index (χ0n) is 36.7. The zero-order valence-corrected chi connectivity index (χ0v) is 36.7. The van der Waals surface area contributed by atoms with Crippen LogP contribution in [0.2, 0.25) is 0 Å². The summed E-state index contributed by atoms with van der Waals surface area (Å²) in [5.74, 6) is 1.23. The number of amides is 4. The van der Waals surface area contributed by atoms with Crippen molar-refractivity contribution in [3.8, 4) is 22.3 Å². The number of nitrogens with zero attached hydrogens (tertiary/aromatic N) is 4. The van der Waals surface area contributed by atoms with Crippen molar-refractivity contribution in [1.82, 2.24) is 40.4 Å². The highest BCUT2D eigenvalue weighted by Gasteiger charge is 2.45. The summed E-state index contributed by atoms with van der Waals surface area (Å²) in [5.41, 5.74) is 9.77. The number of alkyl carbamates (subject to hydrolysis) is 2. The minimum Gasteiger partial charge on any atom is -0.453 e. The Bertz CT molecular complexity index is 2630. The number of rotatable bonds is 10. The van der Waals surface area contributed by atoms with Gasteiger partial charge in [-0.15, -0.1) is 0 Å². The van der Waals surface area contributed by atoms with E-state index in [2.05, 4.69) is 57.0 Å². The number of benzene rings is 3. The van der Waals surface area contributed by atoms with Crippen molar-refractivity contribution in [1.29, 1.82) is 0 Å². The van der Waals surface area contributed by atoms with Crippen LogP contribution >= 0.6 is 0 Å². The molecule has 4 aliphatic rings. The monoisotopic (exact) mass is 856 g/mol. The predicted molar refractivity (Wildman–Crippen MR) is 237 cm³/mol. The van der Waals surface area contributed by atoms with Crippen molar-refractivity contribution >= 4 is 51.9 Å². The number of fused-ring (bicyclic) bond motifs is 5. The lowest BCUT2D eigenvalue weighted by Gasteiger charge is -2.29. The van der Waals surface area contributed by atoms with E-state index in [0.29, 0.717) is 36.9 Å². The Labute approximate surface area is 366 Å². The molecule has 5 aromatic rings. The number of carbonyl (C=O) groups excluding carboxylic acids is 5. The number of likely N-dealkylation sites (tertiary alicyclic amines) is 2. The maximum Gasteiger partial charge on any atom is 0.407 e. The molecule has 0 radical (unpaired) electrons. The van der Waals surface area contributed by atoms with Gasteiger partial charge in [0.15, 0.2) is 0 Å². The smallest absolute Gasteiger partial charge is 0.407 e. The van der Waals surface area contributed by atoms with Crippen LogP contribution in [0, 0.1) is 17.8 Å². The van der Waals surface area contributed by atoms with Gasteiger partial charge in [-0.25, -0.2) is 19.6 Å². The van der Waals surface area contributed by atoms with E-state index in [0.717, 1.165) is 88.4 Å². The van der Waals surface area contributed by atoms with Crippen LogP contribution in [0.25, 0.3) is 44.3 Å². The van der Waals surface area contributed by atoms with E-state index < -0.39 is 24.3 Å². The fourth-order valence-electron chi connectivity index (χ4n) is 10.6. The maximum atomic E-state index is 13.8. The number of aromatic nitrogens is 4. The summed E-state index contributed by atoms with van der Waals surface area (Å²) in [6, 6.07) is 14.8. The number of imidazole rings is 2. The second-order valence-electron chi connectivity index (χ2n) is 18.3. The van der Waals surface area contributed by atoms with Gasteiger partial charge in [-0.3, -0.25) is 14.4 Å². The molecule has 6 atom stereocenters. The molecule has 15 nitrogen and oxygen atoms in total. The number of hydrogen-bond acceptors (Lipinski definition) is 9. The van der Waals surface area contributed by atoms with E-state index in [1.165, 1.54) is 19.8 Å². The van der Waals surface area contributed by atoms with Gasteiger partial charge in [0.1, 0.15) is 29.5 Å². The summed E-state index contributed by atoms with van der Waals surface area (Å²) in [6.45, 7) is 8.75. The van der Waals surface area contributed by atoms with Crippen molar-refractivity contribution in [3.63, 3.8) is 0 Å². The number of hydrogen-bond donors (Lipinski definition) is 4. The molecule has 3 fully saturated rings. The molecule has 2 unspecified atom stereocenters. The number of ketones is 1. The van der Waals surface area contributed by atoms with Crippen LogP contribution in [0.15, 0.2) is 48.5 Å². The fourth-order valence-corrected chi connectivity index (χ4v) is 10.6. The van der Waals surface area contributed by atoms with Gasteiger partial charge in [0, 0.05) is 25.4 Å². The number of carbonyl (C=O) groups is 5. The molecule has 9 rings (SSSR count). The Hall–Kier alpha value is -6.25. The molecule has 2 aliphatic carbocycles. The number of methoxy groups -OCH3 is 2. The highest BCUT2D eigenvalue weighted by molar-refractivity contribution is 5.96. The Morgan fingerprint density at radius 3 is 1.68 bits per heavy atom. The molecule has 2 aromatic heterocycles. The molecular formula is C48H56N8O7. The van der Waals surface area contributed by atoms with Gasteiger partial charge in [0.25, 0.3) is 0 Å². The summed E-state index contributed by atoms with van der Waals surface area (Å²) in [6.07, 6.45) is 4.16. The van der Waals surface area contributed by atoms with Crippen LogP contribution in [0.3, 0.4) is 0 Å². The molecule has 63 heavy (non-hydrogen) atoms. The summed E-state index contributed by atoms with van der Waals surface area (Å²) in [5, 5.41) is 5.44. The molecule has 4 heterocycles. The lowest BCUT2D eigenvalue weighted by molar-refractivity contribution is -0.136. The first kappa shape index (κ1) is 42.1. The molecule has 15 heteroatoms. The molecule has 4 N–H and O–H groups in total. The fraction of sp³-hybridized carbons (Fsp3) is 0.479. The highest BCUT2D eigenvalue weighted by atomic mass is 16.5. The van der Waals surface area contributed by atoms with Crippen molar-refractivity contribution < 1.29 is 33.4 Å². The molecule has 2 saturated heterocycles. The van der Waals surface area contributed by atoms with Gasteiger partial charge in [-0.1, -0.05) is 52.0 Å². The van der Waals surface area contributed by atoms with Crippen LogP contribution in [0.4, 0.5) is 9.59 Å². The molecule has 330 valence electrons. The van der Waals surface area contributed by atoms with Crippen molar-refractivity contribution in [2.45, 2.75) is 103 Å². The summed E-state index contributed by atoms with van der Waals surface area (Å²) >= 11 is 0. The quantitative estimate of drug-likeness (QED) is 0.110. The van der Waals surface area contributed by atoms with Crippen molar-refractivity contribution in [2.24, 2.45) is 17.8 Å². The van der Waals surface area contributed by atoms with E-state index in [4.69, 9.17) is 19.4 Å². The number of Topliss-reactive ketones (excluding diaryl/α,β-unsaturated/α-hetero) is 1. The maximum absolute atomic E-state index is 13.8. The van der Waals surface area contributed by atoms with Gasteiger partial charge in [-0.2, -0.15) is 0 Å². The van der Waals surface area contributed by atoms with E-state index >= 15 is 0 Å². The lowest BCUT2D eigenvalue weighted by Crippen LogP contribution is -2.51. The molecule has 0 spiro atoms. The third-order valence-corrected chi connectivity index (χ3v) is 13.8. The van der Waals surface area contributed by atoms with Crippen LogP contribution in [0.1, 0.15) is 107 Å². The molecular weight excluding hydrogens is 801 g/mol. The Balaban J connectivity index is 1.02. The van der Waals surface area contributed by atoms with Crippen LogP contribution < -0.4 is 10.6 Å². The van der Waals surface area contributed by atoms with Gasteiger partial charge >= 0.3 is 12.2 Å². The van der Waals surface area contributed by atoms with Crippen LogP contribution in [-0.4, -0.2) is 98.9 Å². The SMILES string of the molecule is COC(=O)N[C@H](C(=O)N1CCC[C@H]1c1nc2ccc(-c3ccc(-c4ccc5nc([C@@H]6CCCN6C(=O)[C@@H](NC(=O)OC)C(C)C)[nH]c5c4)c4c3CC3CCC(=O)C43)cc2[nH]1)C(C)C. The van der Waals surface area contributed by atoms with Gasteiger partial charge in [0.2, 0.25) is 11.8 Å². The lowest BCUT2D eigenvalue weighted by atomic mass is 9.86.